The number of hydrogen-bond acceptors (Lipinski definition) is 15. The molecular weight excluding hydrogens is 781 g/mol. The first-order valence-corrected chi connectivity index (χ1v) is 21.5. The van der Waals surface area contributed by atoms with Crippen LogP contribution in [0.2, 0.25) is 0 Å². The van der Waals surface area contributed by atoms with Gasteiger partial charge in [-0.05, 0) is 42.3 Å². The van der Waals surface area contributed by atoms with Crippen LogP contribution in [-0.4, -0.2) is 160 Å². The molecule has 0 bridgehead atoms. The van der Waals surface area contributed by atoms with Gasteiger partial charge in [-0.15, -0.1) is 0 Å². The van der Waals surface area contributed by atoms with Gasteiger partial charge in [-0.3, -0.25) is 9.13 Å². The lowest BCUT2D eigenvalue weighted by Gasteiger charge is -2.13. The second-order valence-corrected chi connectivity index (χ2v) is 14.7. The monoisotopic (exact) mass is 847 g/mol. The first-order valence-electron chi connectivity index (χ1n) is 21.5. The summed E-state index contributed by atoms with van der Waals surface area (Å²) in [5, 5.41) is 0.929. The van der Waals surface area contributed by atoms with E-state index in [1.54, 1.807) is 31.2 Å². The molecule has 18 heteroatoms. The molecule has 6 aromatic heterocycles. The molecule has 6 aromatic rings. The van der Waals surface area contributed by atoms with Crippen molar-refractivity contribution in [1.82, 2.24) is 58.3 Å². The lowest BCUT2D eigenvalue weighted by Crippen LogP contribution is -2.19. The summed E-state index contributed by atoms with van der Waals surface area (Å²) in [5.41, 5.74) is 4.31. The van der Waals surface area contributed by atoms with Crippen LogP contribution in [0.15, 0.2) is 37.4 Å². The summed E-state index contributed by atoms with van der Waals surface area (Å²) in [5.74, 6) is 4.62. The zero-order chi connectivity index (χ0) is 43.7. The first-order chi connectivity index (χ1) is 29.8. The minimum Gasteiger partial charge on any atom is -0.487 e. The average molecular weight is 847 g/mol. The maximum Gasteiger partial charge on any atom is 0.241 e. The Hall–Kier alpha value is -5.46. The smallest absolute Gasteiger partial charge is 0.241 e. The molecule has 0 saturated heterocycles. The van der Waals surface area contributed by atoms with Crippen molar-refractivity contribution < 1.29 is 28.4 Å². The van der Waals surface area contributed by atoms with Crippen LogP contribution in [0.1, 0.15) is 47.0 Å². The Balaban J connectivity index is 0.000000166. The molecule has 18 nitrogen and oxygen atoms in total. The third-order valence-corrected chi connectivity index (χ3v) is 9.49. The Kier molecular flexibility index (Phi) is 18.0. The van der Waals surface area contributed by atoms with Crippen LogP contribution < -0.4 is 28.4 Å². The molecule has 9 rings (SSSR count). The number of likely N-dealkylation sites (N-methyl/N-ethyl adjacent to an activating group) is 3. The fraction of sp³-hybridized carbons (Fsp3) is 0.581. The summed E-state index contributed by atoms with van der Waals surface area (Å²) in [6.07, 6.45) is 12.8. The standard InChI is InChI=1S/3C13H18N4O2.2C2H6/c1-16(2)6-7-17-12-10(14-4-5-15-12)11-13(17)19-9-3-8-18-11;1-16(2)4-5-17-10-8-14-9-15-11(10)12-13(17)19-7-3-6-18-12;1-16(2)4-5-17-12-10(8-14-9-15-12)11-13(17)19-7-3-6-18-11;2*1-2/h4-5H,3,6-9H2,1-2H3;2*8-9H,3-7H2,1-2H3;2*1-2H3. The number of hydrogen-bond donors (Lipinski definition) is 0. The van der Waals surface area contributed by atoms with Gasteiger partial charge in [0, 0.05) is 77.1 Å². The third kappa shape index (κ3) is 11.5. The van der Waals surface area contributed by atoms with Crippen molar-refractivity contribution in [2.45, 2.75) is 66.6 Å². The topological polar surface area (TPSA) is 157 Å². The molecule has 0 atom stereocenters. The highest BCUT2D eigenvalue weighted by Crippen LogP contribution is 2.41. The Morgan fingerprint density at radius 1 is 0.475 bits per heavy atom. The van der Waals surface area contributed by atoms with Crippen molar-refractivity contribution in [3.8, 4) is 34.9 Å². The summed E-state index contributed by atoms with van der Waals surface area (Å²) in [4.78, 5) is 32.1. The molecule has 334 valence electrons. The van der Waals surface area contributed by atoms with E-state index in [-0.39, 0.29) is 0 Å². The number of rotatable bonds is 9. The molecule has 0 amide bonds. The fourth-order valence-electron chi connectivity index (χ4n) is 6.64. The van der Waals surface area contributed by atoms with Gasteiger partial charge in [0.25, 0.3) is 0 Å². The summed E-state index contributed by atoms with van der Waals surface area (Å²) in [6.45, 7) is 17.3. The zero-order valence-electron chi connectivity index (χ0n) is 37.9. The van der Waals surface area contributed by atoms with E-state index in [0.717, 1.165) is 127 Å². The minimum atomic E-state index is 0.663. The fourth-order valence-corrected chi connectivity index (χ4v) is 6.64. The predicted molar refractivity (Wildman–Crippen MR) is 238 cm³/mol. The van der Waals surface area contributed by atoms with E-state index >= 15 is 0 Å². The molecule has 0 unspecified atom stereocenters. The van der Waals surface area contributed by atoms with Crippen LogP contribution in [0.4, 0.5) is 0 Å². The van der Waals surface area contributed by atoms with Crippen LogP contribution >= 0.6 is 0 Å². The van der Waals surface area contributed by atoms with E-state index < -0.39 is 0 Å². The molecule has 0 aromatic carbocycles. The Morgan fingerprint density at radius 3 is 1.51 bits per heavy atom. The van der Waals surface area contributed by atoms with Gasteiger partial charge in [0.15, 0.2) is 16.9 Å². The largest absolute Gasteiger partial charge is 0.487 e. The summed E-state index contributed by atoms with van der Waals surface area (Å²) >= 11 is 0. The second kappa shape index (κ2) is 23.5. The van der Waals surface area contributed by atoms with Gasteiger partial charge in [-0.1, -0.05) is 27.7 Å². The van der Waals surface area contributed by atoms with Gasteiger partial charge >= 0.3 is 0 Å². The van der Waals surface area contributed by atoms with Gasteiger partial charge in [0.05, 0.1) is 56.7 Å². The Bertz CT molecular complexity index is 1990. The highest BCUT2D eigenvalue weighted by atomic mass is 16.5. The average Bonchev–Trinajstić information content (AvgIpc) is 3.51. The molecule has 0 radical (unpaired) electrons. The van der Waals surface area contributed by atoms with Crippen LogP contribution in [-0.2, 0) is 19.6 Å². The normalized spacial score (nSPS) is 14.1. The molecular formula is C43H66N12O6. The SMILES string of the molecule is CC.CC.CN(C)CCn1c2c(c3cncnc31)OCCCO2.CN(C)CCn1c2c(c3nccnc31)OCCCO2.CN(C)CCn1c2c(c3ncncc31)OCCCO2. The Morgan fingerprint density at radius 2 is 0.918 bits per heavy atom. The number of fused-ring (bicyclic) bond motifs is 9. The van der Waals surface area contributed by atoms with Gasteiger partial charge in [0.1, 0.15) is 23.8 Å². The van der Waals surface area contributed by atoms with Gasteiger partial charge in [0.2, 0.25) is 29.1 Å². The first kappa shape index (κ1) is 46.6. The van der Waals surface area contributed by atoms with E-state index in [2.05, 4.69) is 86.5 Å². The highest BCUT2D eigenvalue weighted by molar-refractivity contribution is 5.87. The van der Waals surface area contributed by atoms with Crippen LogP contribution in [0.5, 0.6) is 34.9 Å². The van der Waals surface area contributed by atoms with Crippen LogP contribution in [0.25, 0.3) is 33.2 Å². The van der Waals surface area contributed by atoms with Gasteiger partial charge < -0.3 is 47.7 Å². The van der Waals surface area contributed by atoms with Crippen molar-refractivity contribution >= 4 is 33.2 Å². The molecule has 0 fully saturated rings. The van der Waals surface area contributed by atoms with Crippen LogP contribution in [0, 0.1) is 0 Å². The summed E-state index contributed by atoms with van der Waals surface area (Å²) in [7, 11) is 12.3. The number of nitrogens with zero attached hydrogens (tertiary/aromatic N) is 12. The van der Waals surface area contributed by atoms with E-state index in [1.165, 1.54) is 0 Å². The van der Waals surface area contributed by atoms with E-state index in [4.69, 9.17) is 28.4 Å². The minimum absolute atomic E-state index is 0.663. The second-order valence-electron chi connectivity index (χ2n) is 14.7. The lowest BCUT2D eigenvalue weighted by atomic mass is 10.4. The van der Waals surface area contributed by atoms with Gasteiger partial charge in [-0.25, -0.2) is 29.9 Å². The van der Waals surface area contributed by atoms with E-state index in [1.807, 2.05) is 48.0 Å². The van der Waals surface area contributed by atoms with Crippen molar-refractivity contribution in [3.63, 3.8) is 0 Å². The zero-order valence-corrected chi connectivity index (χ0v) is 37.9. The van der Waals surface area contributed by atoms with Crippen LogP contribution in [0.3, 0.4) is 0 Å². The lowest BCUT2D eigenvalue weighted by molar-refractivity contribution is 0.280. The van der Waals surface area contributed by atoms with E-state index in [9.17, 15) is 0 Å². The van der Waals surface area contributed by atoms with Crippen molar-refractivity contribution in [1.29, 1.82) is 0 Å². The molecule has 9 heterocycles. The number of ether oxygens (including phenoxy) is 6. The quantitative estimate of drug-likeness (QED) is 0.179. The maximum absolute atomic E-state index is 5.85. The van der Waals surface area contributed by atoms with Gasteiger partial charge in [-0.2, -0.15) is 0 Å². The summed E-state index contributed by atoms with van der Waals surface area (Å²) in [6, 6.07) is 0. The molecule has 0 saturated carbocycles. The molecule has 3 aliphatic heterocycles. The highest BCUT2D eigenvalue weighted by Gasteiger charge is 2.26. The number of aromatic nitrogens is 9. The molecule has 0 spiro atoms. The molecule has 3 aliphatic rings. The molecule has 0 aliphatic carbocycles. The van der Waals surface area contributed by atoms with E-state index in [0.29, 0.717) is 39.6 Å². The van der Waals surface area contributed by atoms with Crippen molar-refractivity contribution in [2.24, 2.45) is 0 Å². The maximum atomic E-state index is 5.85. The summed E-state index contributed by atoms with van der Waals surface area (Å²) < 4.78 is 41.2. The third-order valence-electron chi connectivity index (χ3n) is 9.49. The Labute approximate surface area is 359 Å². The molecule has 0 N–H and O–H groups in total. The van der Waals surface area contributed by atoms with Crippen molar-refractivity contribution in [3.05, 3.63) is 37.4 Å². The predicted octanol–water partition coefficient (Wildman–Crippen LogP) is 5.52. The van der Waals surface area contributed by atoms with Crippen molar-refractivity contribution in [2.75, 3.05) is 102 Å². The molecule has 61 heavy (non-hydrogen) atoms.